The summed E-state index contributed by atoms with van der Waals surface area (Å²) >= 11 is 7.59. The molecule has 6 heteroatoms. The molecule has 1 fully saturated rings. The van der Waals surface area contributed by atoms with Gasteiger partial charge in [0.2, 0.25) is 0 Å². The molecule has 3 aromatic carbocycles. The average molecular weight is 485 g/mol. The van der Waals surface area contributed by atoms with E-state index in [9.17, 15) is 0 Å². The fourth-order valence-corrected chi connectivity index (χ4v) is 4.87. The monoisotopic (exact) mass is 484 g/mol. The lowest BCUT2D eigenvalue weighted by Crippen LogP contribution is -2.55. The predicted molar refractivity (Wildman–Crippen MR) is 133 cm³/mol. The second-order valence-corrected chi connectivity index (χ2v) is 9.51. The van der Waals surface area contributed by atoms with Crippen molar-refractivity contribution in [1.82, 2.24) is 0 Å². The van der Waals surface area contributed by atoms with Crippen LogP contribution in [0.1, 0.15) is 16.7 Å². The SMILES string of the molecule is ClCS[C@@H]1OC[C@H](OCc2ccccc2)[C@H](OCc2ccccc2)[C@H]1OCc1ccccc1. The van der Waals surface area contributed by atoms with E-state index in [0.29, 0.717) is 31.6 Å². The van der Waals surface area contributed by atoms with Gasteiger partial charge in [0.05, 0.1) is 31.6 Å². The van der Waals surface area contributed by atoms with Crippen LogP contribution in [0.25, 0.3) is 0 Å². The number of alkyl halides is 1. The summed E-state index contributed by atoms with van der Waals surface area (Å²) < 4.78 is 25.3. The molecule has 0 radical (unpaired) electrons. The smallest absolute Gasteiger partial charge is 0.133 e. The lowest BCUT2D eigenvalue weighted by Gasteiger charge is -2.41. The summed E-state index contributed by atoms with van der Waals surface area (Å²) in [5.41, 5.74) is 3.08. The van der Waals surface area contributed by atoms with Gasteiger partial charge in [0.1, 0.15) is 23.7 Å². The minimum Gasteiger partial charge on any atom is -0.368 e. The van der Waals surface area contributed by atoms with Crippen LogP contribution in [0, 0.1) is 0 Å². The Kier molecular flexibility index (Phi) is 9.66. The first-order valence-corrected chi connectivity index (χ1v) is 12.7. The fourth-order valence-electron chi connectivity index (χ4n) is 3.78. The summed E-state index contributed by atoms with van der Waals surface area (Å²) in [7, 11) is 0. The van der Waals surface area contributed by atoms with Crippen molar-refractivity contribution >= 4 is 23.4 Å². The molecule has 0 unspecified atom stereocenters. The first-order valence-electron chi connectivity index (χ1n) is 11.1. The molecule has 0 bridgehead atoms. The zero-order valence-electron chi connectivity index (χ0n) is 18.4. The Labute approximate surface area is 205 Å². The lowest BCUT2D eigenvalue weighted by atomic mass is 10.0. The van der Waals surface area contributed by atoms with Crippen molar-refractivity contribution in [2.45, 2.75) is 43.6 Å². The van der Waals surface area contributed by atoms with Crippen molar-refractivity contribution < 1.29 is 18.9 Å². The Bertz CT molecular complexity index is 929. The quantitative estimate of drug-likeness (QED) is 0.311. The average Bonchev–Trinajstić information content (AvgIpc) is 2.88. The summed E-state index contributed by atoms with van der Waals surface area (Å²) in [4.78, 5) is 0. The second kappa shape index (κ2) is 13.1. The van der Waals surface area contributed by atoms with Crippen molar-refractivity contribution in [3.63, 3.8) is 0 Å². The second-order valence-electron chi connectivity index (χ2n) is 7.83. The molecular formula is C27H29ClO4S. The van der Waals surface area contributed by atoms with E-state index in [0.717, 1.165) is 16.7 Å². The first kappa shape index (κ1) is 24.3. The van der Waals surface area contributed by atoms with E-state index in [1.54, 1.807) is 0 Å². The van der Waals surface area contributed by atoms with Crippen LogP contribution in [0.5, 0.6) is 0 Å². The summed E-state index contributed by atoms with van der Waals surface area (Å²) in [6.45, 7) is 1.84. The summed E-state index contributed by atoms with van der Waals surface area (Å²) in [5.74, 6) is 0. The number of hydrogen-bond acceptors (Lipinski definition) is 5. The van der Waals surface area contributed by atoms with Crippen LogP contribution < -0.4 is 0 Å². The number of thioether (sulfide) groups is 1. The number of benzene rings is 3. The molecule has 3 aromatic rings. The molecule has 1 saturated heterocycles. The maximum absolute atomic E-state index is 6.46. The zero-order valence-corrected chi connectivity index (χ0v) is 20.0. The van der Waals surface area contributed by atoms with Gasteiger partial charge < -0.3 is 18.9 Å². The van der Waals surface area contributed by atoms with Crippen LogP contribution in [0.3, 0.4) is 0 Å². The van der Waals surface area contributed by atoms with Crippen LogP contribution >= 0.6 is 23.4 Å². The number of ether oxygens (including phenoxy) is 4. The van der Waals surface area contributed by atoms with E-state index in [1.807, 2.05) is 54.6 Å². The molecule has 0 spiro atoms. The first-order chi connectivity index (χ1) is 16.3. The van der Waals surface area contributed by atoms with Crippen LogP contribution in [0.15, 0.2) is 91.0 Å². The Morgan fingerprint density at radius 2 is 1.12 bits per heavy atom. The Balaban J connectivity index is 1.50. The van der Waals surface area contributed by atoms with Gasteiger partial charge in [-0.1, -0.05) is 91.0 Å². The van der Waals surface area contributed by atoms with E-state index >= 15 is 0 Å². The minimum atomic E-state index is -0.327. The van der Waals surface area contributed by atoms with Gasteiger partial charge in [0.25, 0.3) is 0 Å². The molecule has 33 heavy (non-hydrogen) atoms. The summed E-state index contributed by atoms with van der Waals surface area (Å²) in [5, 5.41) is 0.414. The van der Waals surface area contributed by atoms with Crippen molar-refractivity contribution in [2.24, 2.45) is 0 Å². The summed E-state index contributed by atoms with van der Waals surface area (Å²) in [6, 6.07) is 30.4. The van der Waals surface area contributed by atoms with Crippen LogP contribution in [0.2, 0.25) is 0 Å². The van der Waals surface area contributed by atoms with Gasteiger partial charge in [-0.05, 0) is 16.7 Å². The number of rotatable bonds is 11. The maximum atomic E-state index is 6.46. The summed E-state index contributed by atoms with van der Waals surface area (Å²) in [6.07, 6.45) is -0.888. The third kappa shape index (κ3) is 7.31. The molecule has 1 heterocycles. The van der Waals surface area contributed by atoms with Crippen molar-refractivity contribution in [3.8, 4) is 0 Å². The highest BCUT2D eigenvalue weighted by atomic mass is 35.5. The molecule has 0 N–H and O–H groups in total. The fraction of sp³-hybridized carbons (Fsp3) is 0.333. The molecule has 174 valence electrons. The van der Waals surface area contributed by atoms with E-state index < -0.39 is 0 Å². The van der Waals surface area contributed by atoms with Gasteiger partial charge in [0, 0.05) is 0 Å². The Hall–Kier alpha value is -1.86. The Morgan fingerprint density at radius 1 is 0.667 bits per heavy atom. The third-order valence-corrected chi connectivity index (χ3v) is 6.72. The molecule has 0 amide bonds. The molecule has 0 aliphatic carbocycles. The maximum Gasteiger partial charge on any atom is 0.133 e. The van der Waals surface area contributed by atoms with Gasteiger partial charge in [-0.25, -0.2) is 0 Å². The molecule has 4 rings (SSSR count). The van der Waals surface area contributed by atoms with Gasteiger partial charge in [0.15, 0.2) is 0 Å². The molecular weight excluding hydrogens is 456 g/mol. The van der Waals surface area contributed by atoms with E-state index in [1.165, 1.54) is 11.8 Å². The van der Waals surface area contributed by atoms with Crippen molar-refractivity contribution in [1.29, 1.82) is 0 Å². The molecule has 0 saturated carbocycles. The highest BCUT2D eigenvalue weighted by Crippen LogP contribution is 2.32. The van der Waals surface area contributed by atoms with Crippen LogP contribution in [0.4, 0.5) is 0 Å². The lowest BCUT2D eigenvalue weighted by molar-refractivity contribution is -0.219. The molecule has 0 aromatic heterocycles. The van der Waals surface area contributed by atoms with Crippen LogP contribution in [-0.4, -0.2) is 35.6 Å². The standard InChI is InChI=1S/C27H29ClO4S/c28-20-33-27-26(31-18-23-14-8-3-9-15-23)25(30-17-22-12-6-2-7-13-22)24(19-32-27)29-16-21-10-4-1-5-11-21/h1-15,24-27H,16-20H2/t24-,25-,26+,27-/m0/s1. The van der Waals surface area contributed by atoms with E-state index in [-0.39, 0.29) is 23.7 Å². The molecule has 1 aliphatic rings. The van der Waals surface area contributed by atoms with Gasteiger partial charge >= 0.3 is 0 Å². The molecule has 1 aliphatic heterocycles. The zero-order chi connectivity index (χ0) is 22.7. The molecule has 4 nitrogen and oxygen atoms in total. The minimum absolute atomic E-state index is 0.233. The molecule has 4 atom stereocenters. The van der Waals surface area contributed by atoms with Crippen LogP contribution in [-0.2, 0) is 38.8 Å². The number of hydrogen-bond donors (Lipinski definition) is 0. The van der Waals surface area contributed by atoms with Crippen molar-refractivity contribution in [3.05, 3.63) is 108 Å². The predicted octanol–water partition coefficient (Wildman–Crippen LogP) is 6.03. The third-order valence-electron chi connectivity index (χ3n) is 5.49. The van der Waals surface area contributed by atoms with Gasteiger partial charge in [-0.15, -0.1) is 23.4 Å². The normalized spacial score (nSPS) is 22.8. The Morgan fingerprint density at radius 3 is 1.61 bits per heavy atom. The van der Waals surface area contributed by atoms with Gasteiger partial charge in [-0.2, -0.15) is 0 Å². The van der Waals surface area contributed by atoms with Gasteiger partial charge in [-0.3, -0.25) is 0 Å². The van der Waals surface area contributed by atoms with E-state index in [4.69, 9.17) is 30.5 Å². The topological polar surface area (TPSA) is 36.9 Å². The highest BCUT2D eigenvalue weighted by Gasteiger charge is 2.43. The van der Waals surface area contributed by atoms with E-state index in [2.05, 4.69) is 36.4 Å². The highest BCUT2D eigenvalue weighted by molar-refractivity contribution is 8.00. The largest absolute Gasteiger partial charge is 0.368 e. The van der Waals surface area contributed by atoms with Crippen molar-refractivity contribution in [2.75, 3.05) is 11.8 Å². The number of halogens is 1.